The van der Waals surface area contributed by atoms with Gasteiger partial charge in [-0.1, -0.05) is 39.0 Å². The van der Waals surface area contributed by atoms with Gasteiger partial charge in [-0.3, -0.25) is 0 Å². The highest BCUT2D eigenvalue weighted by molar-refractivity contribution is 5.50. The van der Waals surface area contributed by atoms with E-state index in [0.717, 1.165) is 12.8 Å². The molecular formula is C12H20O. The average Bonchev–Trinajstić information content (AvgIpc) is 2.10. The summed E-state index contributed by atoms with van der Waals surface area (Å²) in [6, 6.07) is 0. The van der Waals surface area contributed by atoms with Crippen molar-refractivity contribution in [1.82, 2.24) is 0 Å². The van der Waals surface area contributed by atoms with Crippen LogP contribution in [0.5, 0.6) is 0 Å². The minimum absolute atomic E-state index is 0.0474. The van der Waals surface area contributed by atoms with E-state index in [1.807, 2.05) is 6.92 Å². The van der Waals surface area contributed by atoms with Crippen LogP contribution < -0.4 is 0 Å². The molecule has 0 aromatic heterocycles. The third kappa shape index (κ3) is 9.14. The van der Waals surface area contributed by atoms with E-state index in [4.69, 9.17) is 1.37 Å². The summed E-state index contributed by atoms with van der Waals surface area (Å²) in [6.07, 6.45) is 5.61. The highest BCUT2D eigenvalue weighted by Crippen LogP contribution is 2.02. The zero-order valence-electron chi connectivity index (χ0n) is 9.73. The van der Waals surface area contributed by atoms with Gasteiger partial charge in [0, 0.05) is 18.8 Å². The van der Waals surface area contributed by atoms with Crippen LogP contribution in [0.3, 0.4) is 0 Å². The van der Waals surface area contributed by atoms with Gasteiger partial charge in [0.05, 0.1) is 0 Å². The molecule has 0 amide bonds. The van der Waals surface area contributed by atoms with Crippen molar-refractivity contribution in [2.24, 2.45) is 5.92 Å². The van der Waals surface area contributed by atoms with Crippen molar-refractivity contribution >= 4 is 6.26 Å². The molecule has 0 aromatic rings. The molecule has 13 heavy (non-hydrogen) atoms. The highest BCUT2D eigenvalue weighted by Gasteiger charge is 1.92. The van der Waals surface area contributed by atoms with E-state index in [9.17, 15) is 4.79 Å². The lowest BCUT2D eigenvalue weighted by molar-refractivity contribution is -0.108. The number of hydrogen-bond acceptors (Lipinski definition) is 1. The first kappa shape index (κ1) is 10.3. The molecular weight excluding hydrogens is 160 g/mol. The SMILES string of the molecule is [2H]C(=O)CC(C)C#CCCCCCC. The predicted octanol–water partition coefficient (Wildman–Crippen LogP) is 3.19. The Morgan fingerprint density at radius 2 is 2.23 bits per heavy atom. The van der Waals surface area contributed by atoms with Crippen LogP contribution in [-0.4, -0.2) is 6.26 Å². The molecule has 0 aliphatic heterocycles. The molecule has 1 atom stereocenters. The second-order valence-electron chi connectivity index (χ2n) is 3.38. The maximum atomic E-state index is 10.4. The standard InChI is InChI=1S/C12H20O/c1-3-4-5-6-7-8-9-12(2)10-11-13/h11-12H,3-7,10H2,1-2H3/i11D. The van der Waals surface area contributed by atoms with Crippen molar-refractivity contribution in [1.29, 1.82) is 0 Å². The number of rotatable bonds is 6. The van der Waals surface area contributed by atoms with Gasteiger partial charge in [0.25, 0.3) is 0 Å². The molecule has 1 heteroatoms. The Bertz CT molecular complexity index is 212. The van der Waals surface area contributed by atoms with Gasteiger partial charge >= 0.3 is 0 Å². The Kier molecular flexibility index (Phi) is 7.39. The van der Waals surface area contributed by atoms with Gasteiger partial charge in [0.2, 0.25) is 0 Å². The van der Waals surface area contributed by atoms with Crippen molar-refractivity contribution in [2.75, 3.05) is 0 Å². The molecule has 0 saturated carbocycles. The van der Waals surface area contributed by atoms with Crippen LogP contribution >= 0.6 is 0 Å². The number of carbonyl (C=O) groups is 1. The fraction of sp³-hybridized carbons (Fsp3) is 0.750. The Morgan fingerprint density at radius 1 is 1.46 bits per heavy atom. The van der Waals surface area contributed by atoms with E-state index >= 15 is 0 Å². The summed E-state index contributed by atoms with van der Waals surface area (Å²) in [5, 5.41) is 0. The summed E-state index contributed by atoms with van der Waals surface area (Å²) < 4.78 is 6.77. The molecule has 1 unspecified atom stereocenters. The first-order valence-corrected chi connectivity index (χ1v) is 5.14. The molecule has 0 aliphatic rings. The number of hydrogen-bond donors (Lipinski definition) is 0. The number of unbranched alkanes of at least 4 members (excludes halogenated alkanes) is 4. The average molecular weight is 181 g/mol. The van der Waals surface area contributed by atoms with Crippen LogP contribution in [0, 0.1) is 17.8 Å². The molecule has 74 valence electrons. The molecule has 0 saturated heterocycles. The lowest BCUT2D eigenvalue weighted by Crippen LogP contribution is -1.89. The van der Waals surface area contributed by atoms with Gasteiger partial charge in [0.1, 0.15) is 7.63 Å². The van der Waals surface area contributed by atoms with Crippen molar-refractivity contribution in [3.05, 3.63) is 0 Å². The molecule has 1 nitrogen and oxygen atoms in total. The Hall–Kier alpha value is -0.770. The normalized spacial score (nSPS) is 12.6. The quantitative estimate of drug-likeness (QED) is 0.349. The van der Waals surface area contributed by atoms with E-state index in [2.05, 4.69) is 18.8 Å². The number of carbonyl (C=O) groups excluding carboxylic acids is 1. The fourth-order valence-electron chi connectivity index (χ4n) is 1.06. The summed E-state index contributed by atoms with van der Waals surface area (Å²) in [7, 11) is 0. The largest absolute Gasteiger partial charge is 0.303 e. The van der Waals surface area contributed by atoms with Crippen molar-refractivity contribution in [2.45, 2.75) is 52.4 Å². The Labute approximate surface area is 83.3 Å². The first-order chi connectivity index (χ1) is 6.66. The summed E-state index contributed by atoms with van der Waals surface area (Å²) in [4.78, 5) is 10.4. The van der Waals surface area contributed by atoms with Crippen molar-refractivity contribution in [3.63, 3.8) is 0 Å². The summed E-state index contributed by atoms with van der Waals surface area (Å²) in [5.74, 6) is 6.11. The monoisotopic (exact) mass is 181 g/mol. The van der Waals surface area contributed by atoms with E-state index in [0.29, 0.717) is 0 Å². The fourth-order valence-corrected chi connectivity index (χ4v) is 1.06. The molecule has 0 radical (unpaired) electrons. The van der Waals surface area contributed by atoms with Crippen LogP contribution in [0.2, 0.25) is 0 Å². The Morgan fingerprint density at radius 3 is 2.85 bits per heavy atom. The second-order valence-corrected chi connectivity index (χ2v) is 3.38. The maximum Gasteiger partial charge on any atom is 0.121 e. The van der Waals surface area contributed by atoms with Crippen LogP contribution in [0.25, 0.3) is 0 Å². The van der Waals surface area contributed by atoms with Gasteiger partial charge in [-0.2, -0.15) is 0 Å². The van der Waals surface area contributed by atoms with Crippen LogP contribution in [0.15, 0.2) is 0 Å². The molecule has 0 bridgehead atoms. The zero-order chi connectivity index (χ0) is 10.8. The summed E-state index contributed by atoms with van der Waals surface area (Å²) >= 11 is 0. The van der Waals surface area contributed by atoms with E-state index in [1.54, 1.807) is 0 Å². The van der Waals surface area contributed by atoms with E-state index in [-0.39, 0.29) is 12.3 Å². The van der Waals surface area contributed by atoms with E-state index in [1.165, 1.54) is 19.3 Å². The van der Waals surface area contributed by atoms with Crippen LogP contribution in [-0.2, 0) is 4.79 Å². The molecule has 0 fully saturated rings. The van der Waals surface area contributed by atoms with Crippen molar-refractivity contribution in [3.8, 4) is 11.8 Å². The third-order valence-corrected chi connectivity index (χ3v) is 1.89. The first-order valence-electron chi connectivity index (χ1n) is 5.64. The minimum atomic E-state index is -0.516. The predicted molar refractivity (Wildman–Crippen MR) is 56.4 cm³/mol. The smallest absolute Gasteiger partial charge is 0.121 e. The molecule has 0 N–H and O–H groups in total. The second kappa shape index (κ2) is 9.32. The van der Waals surface area contributed by atoms with Crippen molar-refractivity contribution < 1.29 is 6.17 Å². The Balaban J connectivity index is 3.45. The summed E-state index contributed by atoms with van der Waals surface area (Å²) in [6.45, 7) is 4.08. The topological polar surface area (TPSA) is 17.1 Å². The highest BCUT2D eigenvalue weighted by atomic mass is 16.1. The lowest BCUT2D eigenvalue weighted by Gasteiger charge is -1.95. The van der Waals surface area contributed by atoms with Gasteiger partial charge in [-0.05, 0) is 6.42 Å². The van der Waals surface area contributed by atoms with Gasteiger partial charge in [0.15, 0.2) is 0 Å². The van der Waals surface area contributed by atoms with Gasteiger partial charge < -0.3 is 4.79 Å². The van der Waals surface area contributed by atoms with E-state index < -0.39 is 6.26 Å². The molecule has 0 rings (SSSR count). The third-order valence-electron chi connectivity index (χ3n) is 1.89. The van der Waals surface area contributed by atoms with Crippen LogP contribution in [0.1, 0.15) is 53.7 Å². The molecule has 0 spiro atoms. The number of aldehydes is 1. The molecule has 0 heterocycles. The van der Waals surface area contributed by atoms with Crippen LogP contribution in [0.4, 0.5) is 0 Å². The molecule has 0 aromatic carbocycles. The molecule has 0 aliphatic carbocycles. The minimum Gasteiger partial charge on any atom is -0.303 e. The van der Waals surface area contributed by atoms with Gasteiger partial charge in [-0.25, -0.2) is 0 Å². The maximum absolute atomic E-state index is 10.4. The summed E-state index contributed by atoms with van der Waals surface area (Å²) in [5.41, 5.74) is 0. The zero-order valence-corrected chi connectivity index (χ0v) is 8.73. The lowest BCUT2D eigenvalue weighted by atomic mass is 10.1. The van der Waals surface area contributed by atoms with Gasteiger partial charge in [-0.15, -0.1) is 5.92 Å².